The van der Waals surface area contributed by atoms with Crippen LogP contribution in [0.15, 0.2) is 30.3 Å². The van der Waals surface area contributed by atoms with Crippen LogP contribution in [0.4, 0.5) is 0 Å². The maximum Gasteiger partial charge on any atom is 0.256 e. The minimum Gasteiger partial charge on any atom is -0.367 e. The topological polar surface area (TPSA) is 55.6 Å². The fourth-order valence-corrected chi connectivity index (χ4v) is 2.69. The molecule has 0 radical (unpaired) electrons. The number of ether oxygens (including phenoxy) is 1. The summed E-state index contributed by atoms with van der Waals surface area (Å²) in [5.41, 5.74) is 6.68. The number of amides is 1. The standard InChI is InChI=1S/C15H22N2O2.ClH/c1-19-14(12-7-3-2-4-8-12)15(18)17-10-6-5-9-13(17)11-16;/h2-4,7-8,13-14H,5-6,9-11,16H2,1H3;1H. The van der Waals surface area contributed by atoms with Crippen molar-refractivity contribution in [1.29, 1.82) is 0 Å². The average molecular weight is 299 g/mol. The first-order chi connectivity index (χ1) is 9.27. The Bertz CT molecular complexity index is 414. The van der Waals surface area contributed by atoms with Gasteiger partial charge in [0.05, 0.1) is 0 Å². The number of benzene rings is 1. The summed E-state index contributed by atoms with van der Waals surface area (Å²) in [6.07, 6.45) is 2.67. The quantitative estimate of drug-likeness (QED) is 0.926. The Hall–Kier alpha value is -1.10. The zero-order valence-corrected chi connectivity index (χ0v) is 12.6. The molecule has 4 nitrogen and oxygen atoms in total. The summed E-state index contributed by atoms with van der Waals surface area (Å²) in [5.74, 6) is 0.0313. The Kier molecular flexibility index (Phi) is 6.99. The summed E-state index contributed by atoms with van der Waals surface area (Å²) in [5, 5.41) is 0. The summed E-state index contributed by atoms with van der Waals surface area (Å²) in [6.45, 7) is 1.31. The molecule has 1 saturated heterocycles. The van der Waals surface area contributed by atoms with Gasteiger partial charge < -0.3 is 15.4 Å². The number of methoxy groups -OCH3 is 1. The molecule has 1 fully saturated rings. The molecule has 1 aliphatic rings. The lowest BCUT2D eigenvalue weighted by Gasteiger charge is -2.37. The average Bonchev–Trinajstić information content (AvgIpc) is 2.49. The van der Waals surface area contributed by atoms with Gasteiger partial charge in [0.2, 0.25) is 0 Å². The van der Waals surface area contributed by atoms with E-state index in [2.05, 4.69) is 0 Å². The van der Waals surface area contributed by atoms with Gasteiger partial charge in [0.15, 0.2) is 6.10 Å². The molecule has 0 aliphatic carbocycles. The zero-order chi connectivity index (χ0) is 13.7. The number of carbonyl (C=O) groups is 1. The van der Waals surface area contributed by atoms with E-state index < -0.39 is 6.10 Å². The maximum absolute atomic E-state index is 12.6. The number of likely N-dealkylation sites (tertiary alicyclic amines) is 1. The zero-order valence-electron chi connectivity index (χ0n) is 11.8. The van der Waals surface area contributed by atoms with Gasteiger partial charge in [-0.2, -0.15) is 0 Å². The molecule has 1 aromatic carbocycles. The van der Waals surface area contributed by atoms with E-state index in [9.17, 15) is 4.79 Å². The maximum atomic E-state index is 12.6. The fourth-order valence-electron chi connectivity index (χ4n) is 2.69. The summed E-state index contributed by atoms with van der Waals surface area (Å²) in [6, 6.07) is 9.78. The number of piperidine rings is 1. The third-order valence-electron chi connectivity index (χ3n) is 3.74. The second kappa shape index (κ2) is 8.25. The number of nitrogens with zero attached hydrogens (tertiary/aromatic N) is 1. The van der Waals surface area contributed by atoms with Crippen molar-refractivity contribution in [3.8, 4) is 0 Å². The van der Waals surface area contributed by atoms with Crippen LogP contribution in [0.5, 0.6) is 0 Å². The molecule has 2 N–H and O–H groups in total. The summed E-state index contributed by atoms with van der Waals surface area (Å²) in [7, 11) is 1.58. The fraction of sp³-hybridized carbons (Fsp3) is 0.533. The Balaban J connectivity index is 0.00000200. The summed E-state index contributed by atoms with van der Waals surface area (Å²) < 4.78 is 5.41. The molecule has 0 bridgehead atoms. The number of nitrogens with two attached hydrogens (primary N) is 1. The number of halogens is 1. The van der Waals surface area contributed by atoms with Crippen LogP contribution >= 0.6 is 12.4 Å². The molecule has 1 heterocycles. The second-order valence-corrected chi connectivity index (χ2v) is 4.94. The molecule has 5 heteroatoms. The van der Waals surface area contributed by atoms with Gasteiger partial charge in [0.25, 0.3) is 5.91 Å². The molecule has 2 unspecified atom stereocenters. The van der Waals surface area contributed by atoms with Gasteiger partial charge in [-0.25, -0.2) is 0 Å². The van der Waals surface area contributed by atoms with Crippen molar-refractivity contribution in [3.05, 3.63) is 35.9 Å². The van der Waals surface area contributed by atoms with E-state index in [1.54, 1.807) is 7.11 Å². The highest BCUT2D eigenvalue weighted by atomic mass is 35.5. The van der Waals surface area contributed by atoms with E-state index >= 15 is 0 Å². The van der Waals surface area contributed by atoms with Crippen molar-refractivity contribution in [1.82, 2.24) is 4.90 Å². The first-order valence-corrected chi connectivity index (χ1v) is 6.86. The Morgan fingerprint density at radius 2 is 2.10 bits per heavy atom. The molecule has 1 aliphatic heterocycles. The largest absolute Gasteiger partial charge is 0.367 e. The van der Waals surface area contributed by atoms with Gasteiger partial charge in [0.1, 0.15) is 0 Å². The molecule has 1 amide bonds. The minimum absolute atomic E-state index is 0. The first-order valence-electron chi connectivity index (χ1n) is 6.86. The lowest BCUT2D eigenvalue weighted by Crippen LogP contribution is -2.49. The minimum atomic E-state index is -0.520. The van der Waals surface area contributed by atoms with E-state index in [1.807, 2.05) is 35.2 Å². The molecule has 112 valence electrons. The van der Waals surface area contributed by atoms with Gasteiger partial charge in [0, 0.05) is 26.2 Å². The van der Waals surface area contributed by atoms with Crippen LogP contribution in [-0.2, 0) is 9.53 Å². The van der Waals surface area contributed by atoms with Crippen molar-refractivity contribution in [3.63, 3.8) is 0 Å². The number of rotatable bonds is 4. The van der Waals surface area contributed by atoms with E-state index in [4.69, 9.17) is 10.5 Å². The van der Waals surface area contributed by atoms with Crippen molar-refractivity contribution in [2.45, 2.75) is 31.4 Å². The Labute approximate surface area is 126 Å². The van der Waals surface area contributed by atoms with Crippen LogP contribution in [0, 0.1) is 0 Å². The summed E-state index contributed by atoms with van der Waals surface area (Å²) in [4.78, 5) is 14.5. The number of carbonyl (C=O) groups excluding carboxylic acids is 1. The van der Waals surface area contributed by atoms with Crippen LogP contribution < -0.4 is 5.73 Å². The first kappa shape index (κ1) is 17.0. The van der Waals surface area contributed by atoms with Gasteiger partial charge in [-0.3, -0.25) is 4.79 Å². The van der Waals surface area contributed by atoms with Crippen molar-refractivity contribution >= 4 is 18.3 Å². The van der Waals surface area contributed by atoms with Crippen molar-refractivity contribution < 1.29 is 9.53 Å². The predicted octanol–water partition coefficient (Wildman–Crippen LogP) is 2.14. The van der Waals surface area contributed by atoms with Crippen LogP contribution in [0.2, 0.25) is 0 Å². The third kappa shape index (κ3) is 3.72. The molecule has 2 rings (SSSR count). The number of hydrogen-bond donors (Lipinski definition) is 1. The Morgan fingerprint density at radius 3 is 2.70 bits per heavy atom. The van der Waals surface area contributed by atoms with Gasteiger partial charge in [-0.15, -0.1) is 12.4 Å². The Morgan fingerprint density at radius 1 is 1.40 bits per heavy atom. The van der Waals surface area contributed by atoms with Crippen LogP contribution in [-0.4, -0.2) is 37.0 Å². The van der Waals surface area contributed by atoms with Crippen LogP contribution in [0.1, 0.15) is 30.9 Å². The predicted molar refractivity (Wildman–Crippen MR) is 81.8 cm³/mol. The van der Waals surface area contributed by atoms with E-state index in [0.717, 1.165) is 31.4 Å². The lowest BCUT2D eigenvalue weighted by atomic mass is 10.00. The highest BCUT2D eigenvalue weighted by Gasteiger charge is 2.31. The molecule has 20 heavy (non-hydrogen) atoms. The lowest BCUT2D eigenvalue weighted by molar-refractivity contribution is -0.146. The smallest absolute Gasteiger partial charge is 0.256 e. The molecule has 1 aromatic rings. The van der Waals surface area contributed by atoms with Gasteiger partial charge in [-0.1, -0.05) is 30.3 Å². The normalized spacial score (nSPS) is 20.1. The summed E-state index contributed by atoms with van der Waals surface area (Å²) >= 11 is 0. The van der Waals surface area contributed by atoms with Gasteiger partial charge >= 0.3 is 0 Å². The SMILES string of the molecule is COC(C(=O)N1CCCCC1CN)c1ccccc1.Cl. The van der Waals surface area contributed by atoms with Crippen LogP contribution in [0.25, 0.3) is 0 Å². The molecular formula is C15H23ClN2O2. The van der Waals surface area contributed by atoms with Crippen LogP contribution in [0.3, 0.4) is 0 Å². The molecule has 2 atom stereocenters. The molecule has 0 aromatic heterocycles. The van der Waals surface area contributed by atoms with E-state index in [1.165, 1.54) is 0 Å². The highest BCUT2D eigenvalue weighted by molar-refractivity contribution is 5.85. The third-order valence-corrected chi connectivity index (χ3v) is 3.74. The second-order valence-electron chi connectivity index (χ2n) is 4.94. The molecular weight excluding hydrogens is 276 g/mol. The monoisotopic (exact) mass is 298 g/mol. The van der Waals surface area contributed by atoms with E-state index in [0.29, 0.717) is 6.54 Å². The molecule has 0 spiro atoms. The molecule has 0 saturated carbocycles. The number of hydrogen-bond acceptors (Lipinski definition) is 3. The van der Waals surface area contributed by atoms with Crippen molar-refractivity contribution in [2.75, 3.05) is 20.2 Å². The highest BCUT2D eigenvalue weighted by Crippen LogP contribution is 2.24. The van der Waals surface area contributed by atoms with E-state index in [-0.39, 0.29) is 24.4 Å². The van der Waals surface area contributed by atoms with Crippen molar-refractivity contribution in [2.24, 2.45) is 5.73 Å². The van der Waals surface area contributed by atoms with Gasteiger partial charge in [-0.05, 0) is 24.8 Å².